The van der Waals surface area contributed by atoms with E-state index in [-0.39, 0.29) is 29.4 Å². The van der Waals surface area contributed by atoms with E-state index in [1.54, 1.807) is 61.2 Å². The van der Waals surface area contributed by atoms with E-state index in [0.717, 1.165) is 11.3 Å². The molecule has 0 aliphatic carbocycles. The van der Waals surface area contributed by atoms with Crippen LogP contribution in [0.15, 0.2) is 47.4 Å². The summed E-state index contributed by atoms with van der Waals surface area (Å²) in [6.45, 7) is 4.91. The van der Waals surface area contributed by atoms with Crippen LogP contribution in [0.5, 0.6) is 0 Å². The maximum absolute atomic E-state index is 12.7. The van der Waals surface area contributed by atoms with E-state index >= 15 is 0 Å². The Balaban J connectivity index is 1.70. The average Bonchev–Trinajstić information content (AvgIpc) is 3.16. The van der Waals surface area contributed by atoms with Gasteiger partial charge >= 0.3 is 0 Å². The number of anilines is 1. The summed E-state index contributed by atoms with van der Waals surface area (Å²) in [7, 11) is -3.54. The minimum atomic E-state index is -3.54. The number of hydrogen-bond acceptors (Lipinski definition) is 4. The molecule has 0 saturated carbocycles. The van der Waals surface area contributed by atoms with Gasteiger partial charge in [0.2, 0.25) is 15.9 Å². The third kappa shape index (κ3) is 4.58. The van der Waals surface area contributed by atoms with Gasteiger partial charge in [-0.1, -0.05) is 25.4 Å². The van der Waals surface area contributed by atoms with Crippen LogP contribution in [-0.2, 0) is 21.2 Å². The highest BCUT2D eigenvalue weighted by Gasteiger charge is 2.28. The molecule has 1 amide bonds. The highest BCUT2D eigenvalue weighted by molar-refractivity contribution is 7.89. The largest absolute Gasteiger partial charge is 0.312 e. The van der Waals surface area contributed by atoms with Crippen molar-refractivity contribution < 1.29 is 18.0 Å². The molecule has 0 fully saturated rings. The van der Waals surface area contributed by atoms with Crippen LogP contribution in [0.1, 0.15) is 42.6 Å². The topological polar surface area (TPSA) is 74.8 Å². The summed E-state index contributed by atoms with van der Waals surface area (Å²) in [5.74, 6) is -0.254. The lowest BCUT2D eigenvalue weighted by molar-refractivity contribution is -0.118. The maximum Gasteiger partial charge on any atom is 0.243 e. The Morgan fingerprint density at radius 3 is 2.33 bits per heavy atom. The summed E-state index contributed by atoms with van der Waals surface area (Å²) in [6, 6.07) is 11.5. The molecule has 1 aliphatic heterocycles. The van der Waals surface area contributed by atoms with E-state index in [1.165, 1.54) is 4.31 Å². The van der Waals surface area contributed by atoms with E-state index in [2.05, 4.69) is 0 Å². The van der Waals surface area contributed by atoms with Gasteiger partial charge in [0.25, 0.3) is 0 Å². The zero-order valence-electron chi connectivity index (χ0n) is 17.1. The zero-order valence-corrected chi connectivity index (χ0v) is 18.7. The summed E-state index contributed by atoms with van der Waals surface area (Å²) >= 11 is 5.84. The molecule has 0 unspecified atom stereocenters. The number of carbonyl (C=O) groups is 2. The van der Waals surface area contributed by atoms with Crippen LogP contribution in [-0.4, -0.2) is 44.0 Å². The van der Waals surface area contributed by atoms with Crippen LogP contribution < -0.4 is 4.90 Å². The van der Waals surface area contributed by atoms with E-state index in [4.69, 9.17) is 11.6 Å². The number of carbonyl (C=O) groups excluding carboxylic acids is 2. The molecule has 0 bridgehead atoms. The molecule has 0 radical (unpaired) electrons. The number of ketones is 1. The number of sulfonamides is 1. The van der Waals surface area contributed by atoms with Crippen molar-refractivity contribution in [3.8, 4) is 0 Å². The van der Waals surface area contributed by atoms with Gasteiger partial charge in [-0.15, -0.1) is 0 Å². The Bertz CT molecular complexity index is 1050. The molecule has 3 rings (SSSR count). The first kappa shape index (κ1) is 22.5. The number of halogens is 1. The Morgan fingerprint density at radius 2 is 1.70 bits per heavy atom. The first-order valence-corrected chi connectivity index (χ1v) is 11.8. The minimum absolute atomic E-state index is 0.0976. The molecule has 160 valence electrons. The number of benzene rings is 2. The Hall–Kier alpha value is -2.22. The smallest absolute Gasteiger partial charge is 0.243 e. The van der Waals surface area contributed by atoms with Gasteiger partial charge in [0.1, 0.15) is 0 Å². The van der Waals surface area contributed by atoms with Crippen molar-refractivity contribution in [2.45, 2.75) is 38.0 Å². The summed E-state index contributed by atoms with van der Waals surface area (Å²) in [4.78, 5) is 26.9. The molecule has 0 N–H and O–H groups in total. The fraction of sp³-hybridized carbons (Fsp3) is 0.364. The summed E-state index contributed by atoms with van der Waals surface area (Å²) in [6.07, 6.45) is 0.801. The molecule has 6 nitrogen and oxygen atoms in total. The van der Waals surface area contributed by atoms with Crippen molar-refractivity contribution in [3.05, 3.63) is 58.6 Å². The molecule has 30 heavy (non-hydrogen) atoms. The zero-order chi connectivity index (χ0) is 21.9. The van der Waals surface area contributed by atoms with E-state index < -0.39 is 10.0 Å². The maximum atomic E-state index is 12.7. The molecule has 8 heteroatoms. The van der Waals surface area contributed by atoms with Gasteiger partial charge in [0.05, 0.1) is 4.90 Å². The van der Waals surface area contributed by atoms with Gasteiger partial charge in [-0.3, -0.25) is 9.59 Å². The Kier molecular flexibility index (Phi) is 6.95. The molecule has 1 aliphatic rings. The van der Waals surface area contributed by atoms with Gasteiger partial charge < -0.3 is 4.90 Å². The Morgan fingerprint density at radius 1 is 1.03 bits per heavy atom. The number of fused-ring (bicyclic) bond motifs is 1. The van der Waals surface area contributed by atoms with Crippen LogP contribution in [0.3, 0.4) is 0 Å². The average molecular weight is 449 g/mol. The van der Waals surface area contributed by atoms with Gasteiger partial charge in [0, 0.05) is 48.7 Å². The fourth-order valence-corrected chi connectivity index (χ4v) is 5.28. The molecule has 2 aromatic carbocycles. The first-order valence-electron chi connectivity index (χ1n) is 10.00. The molecule has 0 spiro atoms. The van der Waals surface area contributed by atoms with Crippen LogP contribution >= 0.6 is 11.6 Å². The van der Waals surface area contributed by atoms with Crippen LogP contribution in [0.2, 0.25) is 5.02 Å². The summed E-state index contributed by atoms with van der Waals surface area (Å²) in [5, 5.41) is 0.554. The normalized spacial score (nSPS) is 13.5. The third-order valence-corrected chi connectivity index (χ3v) is 7.62. The third-order valence-electron chi connectivity index (χ3n) is 5.32. The quantitative estimate of drug-likeness (QED) is 0.573. The van der Waals surface area contributed by atoms with Gasteiger partial charge in [-0.25, -0.2) is 8.42 Å². The number of rotatable bonds is 8. The highest BCUT2D eigenvalue weighted by atomic mass is 35.5. The second-order valence-corrected chi connectivity index (χ2v) is 9.48. The standard InChI is InChI=1S/C22H25ClN2O4S/c1-3-24(4-2)30(28,29)19-9-10-20-17(15-19)13-14-25(20)22(27)12-11-21(26)16-5-7-18(23)8-6-16/h5-10,15H,3-4,11-14H2,1-2H3. The predicted octanol–water partition coefficient (Wildman–Crippen LogP) is 3.92. The minimum Gasteiger partial charge on any atom is -0.312 e. The van der Waals surface area contributed by atoms with Crippen LogP contribution in [0, 0.1) is 0 Å². The van der Waals surface area contributed by atoms with E-state index in [1.807, 2.05) is 0 Å². The monoisotopic (exact) mass is 448 g/mol. The van der Waals surface area contributed by atoms with E-state index in [9.17, 15) is 18.0 Å². The molecular weight excluding hydrogens is 424 g/mol. The highest BCUT2D eigenvalue weighted by Crippen LogP contribution is 2.31. The Labute approximate surface area is 182 Å². The van der Waals surface area contributed by atoms with Gasteiger partial charge in [-0.2, -0.15) is 4.31 Å². The second-order valence-electron chi connectivity index (χ2n) is 7.11. The van der Waals surface area contributed by atoms with Crippen molar-refractivity contribution >= 4 is 39.0 Å². The van der Waals surface area contributed by atoms with Gasteiger partial charge in [0.15, 0.2) is 5.78 Å². The van der Waals surface area contributed by atoms with Crippen molar-refractivity contribution in [1.29, 1.82) is 0 Å². The molecule has 2 aromatic rings. The number of nitrogens with zero attached hydrogens (tertiary/aromatic N) is 2. The molecule has 1 heterocycles. The number of Topliss-reactive ketones (excluding diaryl/α,β-unsaturated/α-hetero) is 1. The predicted molar refractivity (Wildman–Crippen MR) is 118 cm³/mol. The molecule has 0 atom stereocenters. The number of amides is 1. The molecular formula is C22H25ClN2O4S. The van der Waals surface area contributed by atoms with Crippen molar-refractivity contribution in [2.24, 2.45) is 0 Å². The lowest BCUT2D eigenvalue weighted by Crippen LogP contribution is -2.31. The lowest BCUT2D eigenvalue weighted by atomic mass is 10.1. The lowest BCUT2D eigenvalue weighted by Gasteiger charge is -2.20. The van der Waals surface area contributed by atoms with Gasteiger partial charge in [-0.05, 0) is 54.4 Å². The first-order chi connectivity index (χ1) is 14.3. The summed E-state index contributed by atoms with van der Waals surface area (Å²) in [5.41, 5.74) is 2.08. The van der Waals surface area contributed by atoms with Crippen molar-refractivity contribution in [2.75, 3.05) is 24.5 Å². The molecule has 0 aromatic heterocycles. The van der Waals surface area contributed by atoms with E-state index in [0.29, 0.717) is 36.6 Å². The second kappa shape index (κ2) is 9.29. The van der Waals surface area contributed by atoms with Crippen molar-refractivity contribution in [1.82, 2.24) is 4.31 Å². The van der Waals surface area contributed by atoms with Crippen LogP contribution in [0.4, 0.5) is 5.69 Å². The van der Waals surface area contributed by atoms with Crippen LogP contribution in [0.25, 0.3) is 0 Å². The fourth-order valence-electron chi connectivity index (χ4n) is 3.65. The summed E-state index contributed by atoms with van der Waals surface area (Å²) < 4.78 is 26.9. The SMILES string of the molecule is CCN(CC)S(=O)(=O)c1ccc2c(c1)CCN2C(=O)CCC(=O)c1ccc(Cl)cc1. The van der Waals surface area contributed by atoms with Crippen molar-refractivity contribution in [3.63, 3.8) is 0 Å². The molecule has 0 saturated heterocycles. The number of hydrogen-bond donors (Lipinski definition) is 0.